The van der Waals surface area contributed by atoms with Gasteiger partial charge < -0.3 is 5.32 Å². The minimum absolute atomic E-state index is 0.222. The summed E-state index contributed by atoms with van der Waals surface area (Å²) >= 11 is 0. The molecule has 1 unspecified atom stereocenters. The molecular formula is C18H20FN5. The lowest BCUT2D eigenvalue weighted by atomic mass is 9.93. The first-order chi connectivity index (χ1) is 11.6. The van der Waals surface area contributed by atoms with Crippen LogP contribution in [0, 0.1) is 12.7 Å². The highest BCUT2D eigenvalue weighted by Gasteiger charge is 2.24. The average Bonchev–Trinajstić information content (AvgIpc) is 3.13. The third-order valence-electron chi connectivity index (χ3n) is 4.80. The van der Waals surface area contributed by atoms with Gasteiger partial charge in [0.25, 0.3) is 0 Å². The standard InChI is InChI=1S/C18H20FN5/c1-12-16(11-21-24(12)18-8-4-3-6-14(18)19)22-15-7-5-9-17-13(15)10-20-23(17)2/h3-4,6,8,10-11,15,22H,5,7,9H2,1-2H3. The maximum atomic E-state index is 14.0. The van der Waals surface area contributed by atoms with E-state index >= 15 is 0 Å². The van der Waals surface area contributed by atoms with Gasteiger partial charge in [0.15, 0.2) is 0 Å². The molecule has 5 nitrogen and oxygen atoms in total. The van der Waals surface area contributed by atoms with Crippen LogP contribution in [0.1, 0.15) is 35.8 Å². The van der Waals surface area contributed by atoms with E-state index in [2.05, 4.69) is 15.5 Å². The van der Waals surface area contributed by atoms with Crippen LogP contribution in [-0.4, -0.2) is 19.6 Å². The summed E-state index contributed by atoms with van der Waals surface area (Å²) in [5, 5.41) is 12.3. The molecule has 0 saturated carbocycles. The van der Waals surface area contributed by atoms with Crippen molar-refractivity contribution in [1.82, 2.24) is 19.6 Å². The van der Waals surface area contributed by atoms with Gasteiger partial charge in [-0.15, -0.1) is 0 Å². The highest BCUT2D eigenvalue weighted by Crippen LogP contribution is 2.33. The monoisotopic (exact) mass is 325 g/mol. The van der Waals surface area contributed by atoms with Crippen molar-refractivity contribution in [3.05, 3.63) is 59.4 Å². The van der Waals surface area contributed by atoms with Crippen LogP contribution in [-0.2, 0) is 13.5 Å². The second kappa shape index (κ2) is 5.78. The van der Waals surface area contributed by atoms with Crippen molar-refractivity contribution < 1.29 is 4.39 Å². The Morgan fingerprint density at radius 1 is 1.21 bits per heavy atom. The molecule has 6 heteroatoms. The average molecular weight is 325 g/mol. The zero-order valence-electron chi connectivity index (χ0n) is 13.8. The minimum Gasteiger partial charge on any atom is -0.375 e. The van der Waals surface area contributed by atoms with E-state index in [0.717, 1.165) is 30.6 Å². The first-order valence-corrected chi connectivity index (χ1v) is 8.22. The summed E-state index contributed by atoms with van der Waals surface area (Å²) in [6, 6.07) is 6.91. The van der Waals surface area contributed by atoms with Gasteiger partial charge in [-0.05, 0) is 38.3 Å². The number of hydrogen-bond acceptors (Lipinski definition) is 3. The third kappa shape index (κ3) is 2.38. The number of aromatic nitrogens is 4. The van der Waals surface area contributed by atoms with Crippen LogP contribution in [0.3, 0.4) is 0 Å². The van der Waals surface area contributed by atoms with Gasteiger partial charge in [-0.2, -0.15) is 10.2 Å². The molecule has 4 rings (SSSR count). The van der Waals surface area contributed by atoms with E-state index in [1.165, 1.54) is 17.3 Å². The van der Waals surface area contributed by atoms with Gasteiger partial charge in [0.05, 0.1) is 29.8 Å². The Morgan fingerprint density at radius 3 is 2.88 bits per heavy atom. The molecule has 0 radical (unpaired) electrons. The number of rotatable bonds is 3. The summed E-state index contributed by atoms with van der Waals surface area (Å²) in [4.78, 5) is 0. The summed E-state index contributed by atoms with van der Waals surface area (Å²) in [6.45, 7) is 1.95. The summed E-state index contributed by atoms with van der Waals surface area (Å²) in [5.41, 5.74) is 4.84. The van der Waals surface area contributed by atoms with Gasteiger partial charge in [-0.25, -0.2) is 9.07 Å². The van der Waals surface area contributed by atoms with Crippen LogP contribution in [0.25, 0.3) is 5.69 Å². The van der Waals surface area contributed by atoms with Crippen molar-refractivity contribution in [2.24, 2.45) is 7.05 Å². The number of anilines is 1. The normalized spacial score (nSPS) is 16.9. The van der Waals surface area contributed by atoms with E-state index in [1.54, 1.807) is 23.0 Å². The van der Waals surface area contributed by atoms with E-state index in [1.807, 2.05) is 30.9 Å². The van der Waals surface area contributed by atoms with Crippen LogP contribution < -0.4 is 5.32 Å². The molecule has 1 aliphatic carbocycles. The van der Waals surface area contributed by atoms with E-state index in [4.69, 9.17) is 0 Å². The predicted molar refractivity (Wildman–Crippen MR) is 90.8 cm³/mol. The molecule has 2 heterocycles. The number of hydrogen-bond donors (Lipinski definition) is 1. The molecule has 0 fully saturated rings. The quantitative estimate of drug-likeness (QED) is 0.801. The Bertz CT molecular complexity index is 879. The fourth-order valence-corrected chi connectivity index (χ4v) is 3.46. The molecule has 3 aromatic rings. The van der Waals surface area contributed by atoms with Gasteiger partial charge >= 0.3 is 0 Å². The molecule has 2 aromatic heterocycles. The van der Waals surface area contributed by atoms with Crippen molar-refractivity contribution in [1.29, 1.82) is 0 Å². The Kier molecular flexibility index (Phi) is 3.59. The largest absolute Gasteiger partial charge is 0.375 e. The molecule has 24 heavy (non-hydrogen) atoms. The van der Waals surface area contributed by atoms with Crippen LogP contribution >= 0.6 is 0 Å². The van der Waals surface area contributed by atoms with Gasteiger partial charge in [0.2, 0.25) is 0 Å². The zero-order valence-corrected chi connectivity index (χ0v) is 13.8. The second-order valence-corrected chi connectivity index (χ2v) is 6.27. The molecule has 1 aromatic carbocycles. The van der Waals surface area contributed by atoms with Crippen molar-refractivity contribution in [3.63, 3.8) is 0 Å². The van der Waals surface area contributed by atoms with Crippen LogP contribution in [0.2, 0.25) is 0 Å². The number of halogens is 1. The minimum atomic E-state index is -0.275. The number of para-hydroxylation sites is 1. The van der Waals surface area contributed by atoms with E-state index in [0.29, 0.717) is 5.69 Å². The van der Waals surface area contributed by atoms with Gasteiger partial charge in [0, 0.05) is 18.3 Å². The fourth-order valence-electron chi connectivity index (χ4n) is 3.46. The van der Waals surface area contributed by atoms with Crippen LogP contribution in [0.4, 0.5) is 10.1 Å². The van der Waals surface area contributed by atoms with Crippen molar-refractivity contribution in [3.8, 4) is 5.69 Å². The maximum absolute atomic E-state index is 14.0. The molecule has 124 valence electrons. The Hall–Kier alpha value is -2.63. The van der Waals surface area contributed by atoms with E-state index < -0.39 is 0 Å². The lowest BCUT2D eigenvalue weighted by Gasteiger charge is -2.24. The predicted octanol–water partition coefficient (Wildman–Crippen LogP) is 3.54. The lowest BCUT2D eigenvalue weighted by molar-refractivity contribution is 0.571. The first kappa shape index (κ1) is 14.9. The molecule has 1 aliphatic rings. The molecule has 1 atom stereocenters. The van der Waals surface area contributed by atoms with Crippen LogP contribution in [0.15, 0.2) is 36.7 Å². The maximum Gasteiger partial charge on any atom is 0.148 e. The zero-order chi connectivity index (χ0) is 16.7. The molecule has 0 aliphatic heterocycles. The lowest BCUT2D eigenvalue weighted by Crippen LogP contribution is -2.18. The fraction of sp³-hybridized carbons (Fsp3) is 0.333. The smallest absolute Gasteiger partial charge is 0.148 e. The van der Waals surface area contributed by atoms with Crippen molar-refractivity contribution in [2.75, 3.05) is 5.32 Å². The number of fused-ring (bicyclic) bond motifs is 1. The SMILES string of the molecule is Cc1c(NC2CCCc3c2cnn3C)cnn1-c1ccccc1F. The number of nitrogens with one attached hydrogen (secondary N) is 1. The van der Waals surface area contributed by atoms with Gasteiger partial charge in [0.1, 0.15) is 11.5 Å². The molecule has 0 saturated heterocycles. The van der Waals surface area contributed by atoms with Crippen molar-refractivity contribution in [2.45, 2.75) is 32.2 Å². The highest BCUT2D eigenvalue weighted by atomic mass is 19.1. The molecular weight excluding hydrogens is 305 g/mol. The molecule has 1 N–H and O–H groups in total. The Balaban J connectivity index is 1.65. The number of benzene rings is 1. The van der Waals surface area contributed by atoms with E-state index in [9.17, 15) is 4.39 Å². The van der Waals surface area contributed by atoms with Gasteiger partial charge in [-0.1, -0.05) is 12.1 Å². The third-order valence-corrected chi connectivity index (χ3v) is 4.80. The highest BCUT2D eigenvalue weighted by molar-refractivity contribution is 5.51. The summed E-state index contributed by atoms with van der Waals surface area (Å²) in [5.74, 6) is -0.275. The molecule has 0 bridgehead atoms. The number of nitrogens with zero attached hydrogens (tertiary/aromatic N) is 4. The molecule has 0 spiro atoms. The van der Waals surface area contributed by atoms with Crippen molar-refractivity contribution >= 4 is 5.69 Å². The topological polar surface area (TPSA) is 47.7 Å². The summed E-state index contributed by atoms with van der Waals surface area (Å²) < 4.78 is 17.6. The summed E-state index contributed by atoms with van der Waals surface area (Å²) in [7, 11) is 1.99. The van der Waals surface area contributed by atoms with E-state index in [-0.39, 0.29) is 11.9 Å². The van der Waals surface area contributed by atoms with Crippen LogP contribution in [0.5, 0.6) is 0 Å². The molecule has 0 amide bonds. The van der Waals surface area contributed by atoms with Gasteiger partial charge in [-0.3, -0.25) is 4.68 Å². The summed E-state index contributed by atoms with van der Waals surface area (Å²) in [6.07, 6.45) is 6.97. The second-order valence-electron chi connectivity index (χ2n) is 6.27. The first-order valence-electron chi connectivity index (χ1n) is 8.22. The number of aryl methyl sites for hydroxylation is 1. The Labute approximate surface area is 140 Å². The Morgan fingerprint density at radius 2 is 2.04 bits per heavy atom.